The highest BCUT2D eigenvalue weighted by atomic mass is 16.5. The molecule has 1 unspecified atom stereocenters. The maximum absolute atomic E-state index is 12.6. The Morgan fingerprint density at radius 3 is 2.52 bits per heavy atom. The van der Waals surface area contributed by atoms with Gasteiger partial charge in [0, 0.05) is 29.7 Å². The minimum absolute atomic E-state index is 0.127. The zero-order chi connectivity index (χ0) is 19.2. The van der Waals surface area contributed by atoms with E-state index in [0.717, 1.165) is 28.1 Å². The predicted molar refractivity (Wildman–Crippen MR) is 105 cm³/mol. The van der Waals surface area contributed by atoms with Gasteiger partial charge in [0.1, 0.15) is 12.4 Å². The Balaban J connectivity index is 1.71. The van der Waals surface area contributed by atoms with Crippen molar-refractivity contribution >= 4 is 5.91 Å². The molecule has 138 valence electrons. The van der Waals surface area contributed by atoms with E-state index in [4.69, 9.17) is 4.74 Å². The highest BCUT2D eigenvalue weighted by Crippen LogP contribution is 2.26. The lowest BCUT2D eigenvalue weighted by atomic mass is 10.0. The average molecular weight is 361 g/mol. The third-order valence-corrected chi connectivity index (χ3v) is 4.31. The van der Waals surface area contributed by atoms with Crippen LogP contribution in [0.3, 0.4) is 0 Å². The molecule has 0 aliphatic rings. The summed E-state index contributed by atoms with van der Waals surface area (Å²) in [6.07, 6.45) is 5.24. The Hall–Kier alpha value is -3.21. The van der Waals surface area contributed by atoms with Gasteiger partial charge in [-0.2, -0.15) is 0 Å². The summed E-state index contributed by atoms with van der Waals surface area (Å²) in [5.74, 6) is 0.673. The van der Waals surface area contributed by atoms with Gasteiger partial charge in [-0.15, -0.1) is 0 Å². The molecule has 0 aliphatic heterocycles. The number of pyridine rings is 2. The van der Waals surface area contributed by atoms with E-state index in [1.54, 1.807) is 18.6 Å². The van der Waals surface area contributed by atoms with Gasteiger partial charge in [0.05, 0.1) is 11.7 Å². The summed E-state index contributed by atoms with van der Waals surface area (Å²) in [6, 6.07) is 13.1. The Morgan fingerprint density at radius 1 is 1.11 bits per heavy atom. The van der Waals surface area contributed by atoms with Crippen LogP contribution in [0.15, 0.2) is 61.1 Å². The highest BCUT2D eigenvalue weighted by molar-refractivity contribution is 5.95. The number of hydrogen-bond acceptors (Lipinski definition) is 4. The van der Waals surface area contributed by atoms with Crippen LogP contribution in [-0.4, -0.2) is 15.9 Å². The van der Waals surface area contributed by atoms with Gasteiger partial charge in [0.15, 0.2) is 0 Å². The van der Waals surface area contributed by atoms with Crippen molar-refractivity contribution in [1.82, 2.24) is 15.3 Å². The molecule has 3 aromatic rings. The molecule has 1 N–H and O–H groups in total. The van der Waals surface area contributed by atoms with Crippen LogP contribution < -0.4 is 10.1 Å². The minimum atomic E-state index is -0.166. The molecule has 1 aromatic carbocycles. The van der Waals surface area contributed by atoms with E-state index in [0.29, 0.717) is 12.2 Å². The molecule has 5 heteroatoms. The lowest BCUT2D eigenvalue weighted by Gasteiger charge is -2.16. The van der Waals surface area contributed by atoms with Gasteiger partial charge in [-0.3, -0.25) is 14.8 Å². The topological polar surface area (TPSA) is 64.1 Å². The lowest BCUT2D eigenvalue weighted by molar-refractivity contribution is 0.0939. The molecule has 0 aliphatic carbocycles. The van der Waals surface area contributed by atoms with Crippen molar-refractivity contribution in [2.45, 2.75) is 33.4 Å². The van der Waals surface area contributed by atoms with Gasteiger partial charge in [-0.05, 0) is 62.2 Å². The monoisotopic (exact) mass is 361 g/mol. The van der Waals surface area contributed by atoms with Crippen LogP contribution in [0.1, 0.15) is 45.7 Å². The maximum Gasteiger partial charge on any atom is 0.251 e. The van der Waals surface area contributed by atoms with E-state index in [9.17, 15) is 4.79 Å². The molecule has 0 fully saturated rings. The summed E-state index contributed by atoms with van der Waals surface area (Å²) in [5, 5.41) is 2.99. The molecule has 0 saturated heterocycles. The largest absolute Gasteiger partial charge is 0.488 e. The van der Waals surface area contributed by atoms with Crippen LogP contribution >= 0.6 is 0 Å². The molecule has 27 heavy (non-hydrogen) atoms. The van der Waals surface area contributed by atoms with Gasteiger partial charge in [-0.1, -0.05) is 12.1 Å². The molecule has 0 radical (unpaired) electrons. The fourth-order valence-electron chi connectivity index (χ4n) is 2.93. The van der Waals surface area contributed by atoms with E-state index >= 15 is 0 Å². The first kappa shape index (κ1) is 18.6. The maximum atomic E-state index is 12.6. The van der Waals surface area contributed by atoms with E-state index < -0.39 is 0 Å². The number of benzene rings is 1. The zero-order valence-electron chi connectivity index (χ0n) is 15.8. The highest BCUT2D eigenvalue weighted by Gasteiger charge is 2.15. The average Bonchev–Trinajstić information content (AvgIpc) is 2.68. The summed E-state index contributed by atoms with van der Waals surface area (Å²) in [6.45, 7) is 6.26. The Labute approximate surface area is 159 Å². The number of nitrogens with zero attached hydrogens (tertiary/aromatic N) is 2. The van der Waals surface area contributed by atoms with E-state index in [2.05, 4.69) is 15.3 Å². The van der Waals surface area contributed by atoms with Crippen LogP contribution in [0.4, 0.5) is 0 Å². The SMILES string of the molecule is Cc1cc(C(=O)NC(C)c2ccccn2)cc(C)c1OCc1cccnc1. The number of rotatable bonds is 6. The second kappa shape index (κ2) is 8.45. The molecule has 2 aromatic heterocycles. The number of ether oxygens (including phenoxy) is 1. The minimum Gasteiger partial charge on any atom is -0.488 e. The third-order valence-electron chi connectivity index (χ3n) is 4.31. The molecular formula is C22H23N3O2. The number of aryl methyl sites for hydroxylation is 2. The van der Waals surface area contributed by atoms with Crippen LogP contribution in [0.25, 0.3) is 0 Å². The molecule has 2 heterocycles. The second-order valence-electron chi connectivity index (χ2n) is 6.54. The standard InChI is InChI=1S/C22H23N3O2/c1-15-11-19(22(26)25-17(3)20-8-4-5-10-24-20)12-16(2)21(15)27-14-18-7-6-9-23-13-18/h4-13,17H,14H2,1-3H3,(H,25,26). The number of aromatic nitrogens is 2. The van der Waals surface area contributed by atoms with Crippen LogP contribution in [0.5, 0.6) is 5.75 Å². The third kappa shape index (κ3) is 4.70. The summed E-state index contributed by atoms with van der Waals surface area (Å²) < 4.78 is 5.96. The second-order valence-corrected chi connectivity index (χ2v) is 6.54. The number of hydrogen-bond donors (Lipinski definition) is 1. The molecule has 0 bridgehead atoms. The summed E-state index contributed by atoms with van der Waals surface area (Å²) in [7, 11) is 0. The van der Waals surface area contributed by atoms with Crippen molar-refractivity contribution in [3.63, 3.8) is 0 Å². The molecule has 1 atom stereocenters. The predicted octanol–water partition coefficient (Wildman–Crippen LogP) is 4.16. The smallest absolute Gasteiger partial charge is 0.251 e. The molecule has 5 nitrogen and oxygen atoms in total. The normalized spacial score (nSPS) is 11.7. The molecule has 0 saturated carbocycles. The number of nitrogens with one attached hydrogen (secondary N) is 1. The fraction of sp³-hybridized carbons (Fsp3) is 0.227. The molecular weight excluding hydrogens is 338 g/mol. The van der Waals surface area contributed by atoms with Crippen molar-refractivity contribution in [1.29, 1.82) is 0 Å². The molecule has 3 rings (SSSR count). The fourth-order valence-corrected chi connectivity index (χ4v) is 2.93. The first-order valence-electron chi connectivity index (χ1n) is 8.89. The summed E-state index contributed by atoms with van der Waals surface area (Å²) in [5.41, 5.74) is 4.29. The van der Waals surface area contributed by atoms with Crippen molar-refractivity contribution in [3.8, 4) is 5.75 Å². The summed E-state index contributed by atoms with van der Waals surface area (Å²) in [4.78, 5) is 21.0. The zero-order valence-corrected chi connectivity index (χ0v) is 15.8. The van der Waals surface area contributed by atoms with Gasteiger partial charge >= 0.3 is 0 Å². The van der Waals surface area contributed by atoms with Crippen molar-refractivity contribution < 1.29 is 9.53 Å². The molecule has 0 spiro atoms. The first-order chi connectivity index (χ1) is 13.0. The molecule has 1 amide bonds. The number of amides is 1. The van der Waals surface area contributed by atoms with Crippen LogP contribution in [0.2, 0.25) is 0 Å². The number of carbonyl (C=O) groups excluding carboxylic acids is 1. The van der Waals surface area contributed by atoms with Crippen molar-refractivity contribution in [2.75, 3.05) is 0 Å². The van der Waals surface area contributed by atoms with Gasteiger partial charge in [0.2, 0.25) is 0 Å². The van der Waals surface area contributed by atoms with Gasteiger partial charge < -0.3 is 10.1 Å². The Bertz CT molecular complexity index is 888. The van der Waals surface area contributed by atoms with Crippen LogP contribution in [0, 0.1) is 13.8 Å². The Kier molecular flexibility index (Phi) is 5.81. The number of carbonyl (C=O) groups is 1. The first-order valence-corrected chi connectivity index (χ1v) is 8.89. The quantitative estimate of drug-likeness (QED) is 0.716. The Morgan fingerprint density at radius 2 is 1.89 bits per heavy atom. The van der Waals surface area contributed by atoms with Crippen LogP contribution in [-0.2, 0) is 6.61 Å². The van der Waals surface area contributed by atoms with E-state index in [1.807, 2.05) is 63.2 Å². The van der Waals surface area contributed by atoms with Crippen molar-refractivity contribution in [3.05, 3.63) is 89.0 Å². The summed E-state index contributed by atoms with van der Waals surface area (Å²) >= 11 is 0. The van der Waals surface area contributed by atoms with Gasteiger partial charge in [-0.25, -0.2) is 0 Å². The van der Waals surface area contributed by atoms with E-state index in [-0.39, 0.29) is 11.9 Å². The van der Waals surface area contributed by atoms with Gasteiger partial charge in [0.25, 0.3) is 5.91 Å². The lowest BCUT2D eigenvalue weighted by Crippen LogP contribution is -2.27. The van der Waals surface area contributed by atoms with Crippen molar-refractivity contribution in [2.24, 2.45) is 0 Å². The van der Waals surface area contributed by atoms with E-state index in [1.165, 1.54) is 0 Å².